The van der Waals surface area contributed by atoms with Crippen LogP contribution in [-0.4, -0.2) is 34.3 Å². The lowest BCUT2D eigenvalue weighted by atomic mass is 10.1. The fourth-order valence-electron chi connectivity index (χ4n) is 2.74. The van der Waals surface area contributed by atoms with Crippen molar-refractivity contribution in [1.29, 1.82) is 0 Å². The van der Waals surface area contributed by atoms with E-state index in [-0.39, 0.29) is 18.7 Å². The maximum absolute atomic E-state index is 12.7. The SMILES string of the molecule is CCOC(=O)c1cnc(SC)n(CC(=O)Nc2ccc3ccccc3c2)c1=O. The Labute approximate surface area is 165 Å². The van der Waals surface area contributed by atoms with Crippen LogP contribution in [0.4, 0.5) is 5.69 Å². The summed E-state index contributed by atoms with van der Waals surface area (Å²) < 4.78 is 6.05. The number of fused-ring (bicyclic) bond motifs is 1. The Morgan fingerprint density at radius 3 is 2.64 bits per heavy atom. The van der Waals surface area contributed by atoms with Crippen LogP contribution in [0.1, 0.15) is 17.3 Å². The highest BCUT2D eigenvalue weighted by Gasteiger charge is 2.18. The fraction of sp³-hybridized carbons (Fsp3) is 0.200. The summed E-state index contributed by atoms with van der Waals surface area (Å²) in [5.41, 5.74) is -0.179. The molecule has 3 aromatic rings. The number of benzene rings is 2. The van der Waals surface area contributed by atoms with Gasteiger partial charge in [0.25, 0.3) is 5.56 Å². The molecule has 0 aliphatic rings. The van der Waals surface area contributed by atoms with Crippen LogP contribution in [0.2, 0.25) is 0 Å². The van der Waals surface area contributed by atoms with Crippen LogP contribution in [0, 0.1) is 0 Å². The highest BCUT2D eigenvalue weighted by atomic mass is 32.2. The number of hydrogen-bond acceptors (Lipinski definition) is 6. The molecule has 1 heterocycles. The van der Waals surface area contributed by atoms with E-state index in [9.17, 15) is 14.4 Å². The van der Waals surface area contributed by atoms with Crippen LogP contribution >= 0.6 is 11.8 Å². The fourth-order valence-corrected chi connectivity index (χ4v) is 3.27. The number of ether oxygens (including phenoxy) is 1. The van der Waals surface area contributed by atoms with E-state index in [0.29, 0.717) is 10.8 Å². The molecule has 8 heteroatoms. The first-order valence-electron chi connectivity index (χ1n) is 8.63. The van der Waals surface area contributed by atoms with Gasteiger partial charge in [-0.15, -0.1) is 0 Å². The van der Waals surface area contributed by atoms with Gasteiger partial charge in [0.1, 0.15) is 12.1 Å². The Morgan fingerprint density at radius 1 is 1.18 bits per heavy atom. The second-order valence-corrected chi connectivity index (χ2v) is 6.65. The zero-order valence-electron chi connectivity index (χ0n) is 15.5. The number of hydrogen-bond donors (Lipinski definition) is 1. The van der Waals surface area contributed by atoms with Gasteiger partial charge < -0.3 is 10.1 Å². The highest BCUT2D eigenvalue weighted by molar-refractivity contribution is 7.98. The van der Waals surface area contributed by atoms with Gasteiger partial charge in [0, 0.05) is 5.69 Å². The van der Waals surface area contributed by atoms with Gasteiger partial charge in [0.05, 0.1) is 12.8 Å². The molecule has 0 unspecified atom stereocenters. The molecule has 3 rings (SSSR count). The van der Waals surface area contributed by atoms with E-state index in [2.05, 4.69) is 10.3 Å². The predicted molar refractivity (Wildman–Crippen MR) is 109 cm³/mol. The smallest absolute Gasteiger partial charge is 0.345 e. The molecule has 1 amide bonds. The monoisotopic (exact) mass is 397 g/mol. The van der Waals surface area contributed by atoms with Crippen molar-refractivity contribution < 1.29 is 14.3 Å². The van der Waals surface area contributed by atoms with Gasteiger partial charge in [-0.1, -0.05) is 42.1 Å². The molecular formula is C20H19N3O4S. The number of esters is 1. The largest absolute Gasteiger partial charge is 0.462 e. The summed E-state index contributed by atoms with van der Waals surface area (Å²) in [6.07, 6.45) is 2.92. The van der Waals surface area contributed by atoms with Crippen molar-refractivity contribution in [3.8, 4) is 0 Å². The van der Waals surface area contributed by atoms with Crippen molar-refractivity contribution >= 4 is 40.1 Å². The molecule has 0 atom stereocenters. The quantitative estimate of drug-likeness (QED) is 0.391. The Kier molecular flexibility index (Phi) is 6.10. The number of carbonyl (C=O) groups is 2. The molecule has 0 spiro atoms. The van der Waals surface area contributed by atoms with E-state index >= 15 is 0 Å². The molecule has 0 aliphatic carbocycles. The van der Waals surface area contributed by atoms with Gasteiger partial charge in [-0.25, -0.2) is 9.78 Å². The van der Waals surface area contributed by atoms with Gasteiger partial charge in [-0.3, -0.25) is 14.2 Å². The lowest BCUT2D eigenvalue weighted by Crippen LogP contribution is -2.33. The van der Waals surface area contributed by atoms with Gasteiger partial charge in [-0.2, -0.15) is 0 Å². The molecule has 1 aromatic heterocycles. The number of aromatic nitrogens is 2. The van der Waals surface area contributed by atoms with E-state index < -0.39 is 17.4 Å². The van der Waals surface area contributed by atoms with Gasteiger partial charge >= 0.3 is 5.97 Å². The summed E-state index contributed by atoms with van der Waals surface area (Å²) in [6.45, 7) is 1.53. The average Bonchev–Trinajstić information content (AvgIpc) is 2.69. The zero-order valence-corrected chi connectivity index (χ0v) is 16.3. The molecule has 0 radical (unpaired) electrons. The van der Waals surface area contributed by atoms with Crippen molar-refractivity contribution in [2.45, 2.75) is 18.6 Å². The maximum Gasteiger partial charge on any atom is 0.345 e. The molecule has 0 bridgehead atoms. The third-order valence-electron chi connectivity index (χ3n) is 4.02. The Hall–Kier alpha value is -3.13. The van der Waals surface area contributed by atoms with Crippen LogP contribution in [0.5, 0.6) is 0 Å². The first-order chi connectivity index (χ1) is 13.5. The summed E-state index contributed by atoms with van der Waals surface area (Å²) in [5, 5.41) is 5.18. The van der Waals surface area contributed by atoms with Crippen LogP contribution < -0.4 is 10.9 Å². The van der Waals surface area contributed by atoms with Crippen molar-refractivity contribution in [2.24, 2.45) is 0 Å². The normalized spacial score (nSPS) is 10.6. The predicted octanol–water partition coefficient (Wildman–Crippen LogP) is 2.93. The summed E-state index contributed by atoms with van der Waals surface area (Å²) in [5.74, 6) is -1.15. The van der Waals surface area contributed by atoms with E-state index in [1.165, 1.54) is 22.5 Å². The molecular weight excluding hydrogens is 378 g/mol. The van der Waals surface area contributed by atoms with E-state index in [1.54, 1.807) is 19.2 Å². The van der Waals surface area contributed by atoms with E-state index in [0.717, 1.165) is 10.8 Å². The molecule has 7 nitrogen and oxygen atoms in total. The Balaban J connectivity index is 1.84. The second-order valence-electron chi connectivity index (χ2n) is 5.88. The zero-order chi connectivity index (χ0) is 20.1. The molecule has 0 aliphatic heterocycles. The third-order valence-corrected chi connectivity index (χ3v) is 4.71. The minimum absolute atomic E-state index is 0.144. The molecule has 144 valence electrons. The van der Waals surface area contributed by atoms with Gasteiger partial charge in [-0.05, 0) is 36.1 Å². The van der Waals surface area contributed by atoms with Gasteiger partial charge in [0.15, 0.2) is 5.16 Å². The minimum Gasteiger partial charge on any atom is -0.462 e. The van der Waals surface area contributed by atoms with Crippen LogP contribution in [-0.2, 0) is 16.1 Å². The number of thioether (sulfide) groups is 1. The molecule has 28 heavy (non-hydrogen) atoms. The molecule has 0 fully saturated rings. The summed E-state index contributed by atoms with van der Waals surface area (Å²) in [6, 6.07) is 13.4. The van der Waals surface area contributed by atoms with Gasteiger partial charge in [0.2, 0.25) is 5.91 Å². The number of rotatable bonds is 6. The standard InChI is InChI=1S/C20H19N3O4S/c1-3-27-19(26)16-11-21-20(28-2)23(18(16)25)12-17(24)22-15-9-8-13-6-4-5-7-14(13)10-15/h4-11H,3,12H2,1-2H3,(H,22,24). The molecule has 1 N–H and O–H groups in total. The van der Waals surface area contributed by atoms with Crippen molar-refractivity contribution in [2.75, 3.05) is 18.2 Å². The van der Waals surface area contributed by atoms with E-state index in [4.69, 9.17) is 4.74 Å². The molecule has 0 saturated heterocycles. The van der Waals surface area contributed by atoms with Crippen LogP contribution in [0.25, 0.3) is 10.8 Å². The number of anilines is 1. The first-order valence-corrected chi connectivity index (χ1v) is 9.85. The Bertz CT molecular complexity index is 1090. The third kappa shape index (κ3) is 4.23. The second kappa shape index (κ2) is 8.71. The summed E-state index contributed by atoms with van der Waals surface area (Å²) >= 11 is 1.21. The number of amides is 1. The summed E-state index contributed by atoms with van der Waals surface area (Å²) in [4.78, 5) is 41.2. The van der Waals surface area contributed by atoms with E-state index in [1.807, 2.05) is 36.4 Å². The minimum atomic E-state index is -0.753. The maximum atomic E-state index is 12.7. The number of nitrogens with zero attached hydrogens (tertiary/aromatic N) is 2. The molecule has 2 aromatic carbocycles. The lowest BCUT2D eigenvalue weighted by Gasteiger charge is -2.12. The topological polar surface area (TPSA) is 90.3 Å². The van der Waals surface area contributed by atoms with Crippen molar-refractivity contribution in [3.05, 3.63) is 64.6 Å². The average molecular weight is 397 g/mol. The van der Waals surface area contributed by atoms with Crippen LogP contribution in [0.15, 0.2) is 58.6 Å². The highest BCUT2D eigenvalue weighted by Crippen LogP contribution is 2.19. The Morgan fingerprint density at radius 2 is 1.93 bits per heavy atom. The van der Waals surface area contributed by atoms with Crippen molar-refractivity contribution in [3.63, 3.8) is 0 Å². The first kappa shape index (κ1) is 19.6. The summed E-state index contributed by atoms with van der Waals surface area (Å²) in [7, 11) is 0. The van der Waals surface area contributed by atoms with Crippen molar-refractivity contribution in [1.82, 2.24) is 9.55 Å². The number of nitrogens with one attached hydrogen (secondary N) is 1. The molecule has 0 saturated carbocycles. The lowest BCUT2D eigenvalue weighted by molar-refractivity contribution is -0.116. The number of carbonyl (C=O) groups excluding carboxylic acids is 2. The van der Waals surface area contributed by atoms with Crippen LogP contribution in [0.3, 0.4) is 0 Å².